The molecule has 0 radical (unpaired) electrons. The van der Waals surface area contributed by atoms with E-state index in [0.29, 0.717) is 10.7 Å². The first-order chi connectivity index (χ1) is 9.15. The molecule has 0 saturated heterocycles. The molecule has 5 heteroatoms. The standard InChI is InChI=1S/C14H20ClNO2S/c1-19-9-5-3-2-4-8-16-13-7-6-11(15)10-12(13)14(17)18/h6-7,10,16H,2-5,8-9H2,1H3,(H,17,18). The van der Waals surface area contributed by atoms with Crippen molar-refractivity contribution in [1.82, 2.24) is 0 Å². The van der Waals surface area contributed by atoms with E-state index in [1.165, 1.54) is 31.1 Å². The molecule has 1 aromatic carbocycles. The maximum Gasteiger partial charge on any atom is 0.337 e. The molecular formula is C14H20ClNO2S. The van der Waals surface area contributed by atoms with Crippen molar-refractivity contribution in [2.24, 2.45) is 0 Å². The van der Waals surface area contributed by atoms with E-state index in [9.17, 15) is 4.79 Å². The molecule has 106 valence electrons. The van der Waals surface area contributed by atoms with Crippen molar-refractivity contribution in [3.05, 3.63) is 28.8 Å². The summed E-state index contributed by atoms with van der Waals surface area (Å²) in [6.07, 6.45) is 6.83. The van der Waals surface area contributed by atoms with E-state index in [0.717, 1.165) is 13.0 Å². The highest BCUT2D eigenvalue weighted by atomic mass is 35.5. The van der Waals surface area contributed by atoms with Crippen LogP contribution in [0.25, 0.3) is 0 Å². The van der Waals surface area contributed by atoms with Gasteiger partial charge in [0.1, 0.15) is 0 Å². The van der Waals surface area contributed by atoms with Crippen LogP contribution in [0.5, 0.6) is 0 Å². The summed E-state index contributed by atoms with van der Waals surface area (Å²) < 4.78 is 0. The molecule has 0 atom stereocenters. The second-order valence-electron chi connectivity index (χ2n) is 4.33. The molecule has 2 N–H and O–H groups in total. The molecule has 19 heavy (non-hydrogen) atoms. The molecule has 0 bridgehead atoms. The van der Waals surface area contributed by atoms with Crippen LogP contribution in [0.15, 0.2) is 18.2 Å². The van der Waals surface area contributed by atoms with Gasteiger partial charge in [0.25, 0.3) is 0 Å². The van der Waals surface area contributed by atoms with Gasteiger partial charge in [-0.25, -0.2) is 4.79 Å². The quantitative estimate of drug-likeness (QED) is 0.665. The SMILES string of the molecule is CSCCCCCCNc1ccc(Cl)cc1C(=O)O. The van der Waals surface area contributed by atoms with Crippen molar-refractivity contribution in [2.45, 2.75) is 25.7 Å². The molecule has 0 saturated carbocycles. The summed E-state index contributed by atoms with van der Waals surface area (Å²) in [5, 5.41) is 12.7. The molecule has 0 spiro atoms. The lowest BCUT2D eigenvalue weighted by Crippen LogP contribution is -2.07. The second-order valence-corrected chi connectivity index (χ2v) is 5.75. The van der Waals surface area contributed by atoms with Crippen molar-refractivity contribution in [3.63, 3.8) is 0 Å². The number of aromatic carboxylic acids is 1. The number of rotatable bonds is 9. The van der Waals surface area contributed by atoms with Crippen LogP contribution in [-0.4, -0.2) is 29.6 Å². The van der Waals surface area contributed by atoms with E-state index in [1.807, 2.05) is 11.8 Å². The minimum Gasteiger partial charge on any atom is -0.478 e. The van der Waals surface area contributed by atoms with Gasteiger partial charge in [0.05, 0.1) is 5.56 Å². The average molecular weight is 302 g/mol. The Balaban J connectivity index is 2.35. The van der Waals surface area contributed by atoms with Crippen LogP contribution in [-0.2, 0) is 0 Å². The monoisotopic (exact) mass is 301 g/mol. The summed E-state index contributed by atoms with van der Waals surface area (Å²) in [4.78, 5) is 11.1. The summed E-state index contributed by atoms with van der Waals surface area (Å²) in [7, 11) is 0. The maximum atomic E-state index is 11.1. The van der Waals surface area contributed by atoms with Crippen molar-refractivity contribution in [2.75, 3.05) is 23.9 Å². The fourth-order valence-electron chi connectivity index (χ4n) is 1.80. The van der Waals surface area contributed by atoms with Crippen molar-refractivity contribution in [1.29, 1.82) is 0 Å². The van der Waals surface area contributed by atoms with Gasteiger partial charge >= 0.3 is 5.97 Å². The first-order valence-electron chi connectivity index (χ1n) is 6.41. The van der Waals surface area contributed by atoms with E-state index in [4.69, 9.17) is 16.7 Å². The van der Waals surface area contributed by atoms with E-state index in [-0.39, 0.29) is 5.56 Å². The minimum atomic E-state index is -0.954. The predicted octanol–water partition coefficient (Wildman–Crippen LogP) is 4.37. The lowest BCUT2D eigenvalue weighted by molar-refractivity contribution is 0.0698. The number of benzene rings is 1. The summed E-state index contributed by atoms with van der Waals surface area (Å²) in [5.41, 5.74) is 0.871. The summed E-state index contributed by atoms with van der Waals surface area (Å²) in [5.74, 6) is 0.262. The number of hydrogen-bond donors (Lipinski definition) is 2. The fraction of sp³-hybridized carbons (Fsp3) is 0.500. The Hall–Kier alpha value is -0.870. The molecule has 0 amide bonds. The molecule has 0 heterocycles. The molecule has 1 aromatic rings. The molecule has 1 rings (SSSR count). The number of halogens is 1. The summed E-state index contributed by atoms with van der Waals surface area (Å²) in [6.45, 7) is 0.793. The number of unbranched alkanes of at least 4 members (excludes halogenated alkanes) is 3. The van der Waals surface area contributed by atoms with Gasteiger partial charge in [-0.15, -0.1) is 0 Å². The molecular weight excluding hydrogens is 282 g/mol. The smallest absolute Gasteiger partial charge is 0.337 e. The van der Waals surface area contributed by atoms with E-state index in [1.54, 1.807) is 12.1 Å². The topological polar surface area (TPSA) is 49.3 Å². The number of carbonyl (C=O) groups is 1. The van der Waals surface area contributed by atoms with E-state index < -0.39 is 5.97 Å². The van der Waals surface area contributed by atoms with Gasteiger partial charge in [0.15, 0.2) is 0 Å². The van der Waals surface area contributed by atoms with Crippen LogP contribution in [0, 0.1) is 0 Å². The highest BCUT2D eigenvalue weighted by Crippen LogP contribution is 2.20. The van der Waals surface area contributed by atoms with Gasteiger partial charge in [0, 0.05) is 17.3 Å². The van der Waals surface area contributed by atoms with Gasteiger partial charge < -0.3 is 10.4 Å². The van der Waals surface area contributed by atoms with Gasteiger partial charge in [-0.2, -0.15) is 11.8 Å². The number of hydrogen-bond acceptors (Lipinski definition) is 3. The highest BCUT2D eigenvalue weighted by Gasteiger charge is 2.09. The molecule has 0 unspecified atom stereocenters. The Morgan fingerprint density at radius 2 is 2.05 bits per heavy atom. The molecule has 0 aliphatic rings. The first kappa shape index (κ1) is 16.2. The van der Waals surface area contributed by atoms with E-state index in [2.05, 4.69) is 11.6 Å². The molecule has 0 fully saturated rings. The summed E-state index contributed by atoms with van der Waals surface area (Å²) in [6, 6.07) is 4.90. The van der Waals surface area contributed by atoms with Crippen molar-refractivity contribution in [3.8, 4) is 0 Å². The zero-order valence-electron chi connectivity index (χ0n) is 11.1. The zero-order valence-corrected chi connectivity index (χ0v) is 12.7. The van der Waals surface area contributed by atoms with Crippen LogP contribution in [0.3, 0.4) is 0 Å². The van der Waals surface area contributed by atoms with Gasteiger partial charge in [-0.3, -0.25) is 0 Å². The third kappa shape index (κ3) is 6.21. The predicted molar refractivity (Wildman–Crippen MR) is 83.8 cm³/mol. The van der Waals surface area contributed by atoms with Crippen LogP contribution in [0.1, 0.15) is 36.0 Å². The molecule has 0 aliphatic carbocycles. The number of nitrogens with one attached hydrogen (secondary N) is 1. The van der Waals surface area contributed by atoms with Gasteiger partial charge in [0.2, 0.25) is 0 Å². The lowest BCUT2D eigenvalue weighted by Gasteiger charge is -2.09. The van der Waals surface area contributed by atoms with Gasteiger partial charge in [-0.05, 0) is 43.0 Å². The Morgan fingerprint density at radius 1 is 1.32 bits per heavy atom. The largest absolute Gasteiger partial charge is 0.478 e. The highest BCUT2D eigenvalue weighted by molar-refractivity contribution is 7.98. The number of carboxylic acids is 1. The Labute approximate surface area is 123 Å². The third-order valence-corrected chi connectivity index (χ3v) is 3.73. The molecule has 3 nitrogen and oxygen atoms in total. The van der Waals surface area contributed by atoms with E-state index >= 15 is 0 Å². The summed E-state index contributed by atoms with van der Waals surface area (Å²) >= 11 is 7.68. The normalized spacial score (nSPS) is 10.4. The Bertz CT molecular complexity index is 412. The van der Waals surface area contributed by atoms with Crippen LogP contribution in [0.4, 0.5) is 5.69 Å². The third-order valence-electron chi connectivity index (χ3n) is 2.80. The average Bonchev–Trinajstić information content (AvgIpc) is 2.39. The number of anilines is 1. The number of thioether (sulfide) groups is 1. The molecule has 0 aromatic heterocycles. The van der Waals surface area contributed by atoms with Crippen LogP contribution < -0.4 is 5.32 Å². The van der Waals surface area contributed by atoms with Crippen molar-refractivity contribution < 1.29 is 9.90 Å². The lowest BCUT2D eigenvalue weighted by atomic mass is 10.1. The van der Waals surface area contributed by atoms with Gasteiger partial charge in [-0.1, -0.05) is 24.4 Å². The van der Waals surface area contributed by atoms with Crippen LogP contribution in [0.2, 0.25) is 5.02 Å². The minimum absolute atomic E-state index is 0.231. The Kier molecular flexibility index (Phi) is 7.75. The van der Waals surface area contributed by atoms with Crippen molar-refractivity contribution >= 4 is 35.0 Å². The maximum absolute atomic E-state index is 11.1. The Morgan fingerprint density at radius 3 is 2.74 bits per heavy atom. The fourth-order valence-corrected chi connectivity index (χ4v) is 2.46. The first-order valence-corrected chi connectivity index (χ1v) is 8.18. The second kappa shape index (κ2) is 9.10. The zero-order chi connectivity index (χ0) is 14.1. The van der Waals surface area contributed by atoms with Crippen LogP contribution >= 0.6 is 23.4 Å². The number of carboxylic acid groups (broad SMARTS) is 1. The molecule has 0 aliphatic heterocycles.